The lowest BCUT2D eigenvalue weighted by molar-refractivity contribution is -0.129. The Morgan fingerprint density at radius 2 is 1.73 bits per heavy atom. The van der Waals surface area contributed by atoms with Crippen molar-refractivity contribution in [1.82, 2.24) is 16.0 Å². The van der Waals surface area contributed by atoms with Crippen LogP contribution in [0.15, 0.2) is 59.3 Å². The van der Waals surface area contributed by atoms with Crippen molar-refractivity contribution < 1.29 is 19.1 Å². The van der Waals surface area contributed by atoms with Gasteiger partial charge in [0.25, 0.3) is 0 Å². The van der Waals surface area contributed by atoms with E-state index in [9.17, 15) is 14.4 Å². The highest BCUT2D eigenvalue weighted by atomic mass is 35.5. The Hall–Kier alpha value is -2.45. The molecule has 2 unspecified atom stereocenters. The summed E-state index contributed by atoms with van der Waals surface area (Å²) in [5.74, 6) is -0.0392. The van der Waals surface area contributed by atoms with Crippen LogP contribution in [0.2, 0.25) is 0 Å². The number of ether oxygens (including phenoxy) is 1. The van der Waals surface area contributed by atoms with Crippen LogP contribution in [0.4, 0.5) is 4.79 Å². The van der Waals surface area contributed by atoms with Gasteiger partial charge in [-0.05, 0) is 44.1 Å². The van der Waals surface area contributed by atoms with Crippen LogP contribution in [0, 0.1) is 5.41 Å². The lowest BCUT2D eigenvalue weighted by atomic mass is 9.86. The van der Waals surface area contributed by atoms with Crippen molar-refractivity contribution in [3.05, 3.63) is 59.3 Å². The third kappa shape index (κ3) is 18.4. The van der Waals surface area contributed by atoms with Crippen LogP contribution >= 0.6 is 24.2 Å². The molecule has 0 spiro atoms. The fraction of sp³-hybridized carbons (Fsp3) is 0.536. The zero-order valence-corrected chi connectivity index (χ0v) is 24.6. The minimum atomic E-state index is -0.758. The molecule has 3 N–H and O–H groups in total. The lowest BCUT2D eigenvalue weighted by Gasteiger charge is -2.29. The Kier molecular flexibility index (Phi) is 18.3. The summed E-state index contributed by atoms with van der Waals surface area (Å²) in [6.07, 6.45) is 15.3. The molecule has 0 radical (unpaired) electrons. The number of alkyl carbamates (subject to hydrolysis) is 1. The van der Waals surface area contributed by atoms with Gasteiger partial charge in [-0.1, -0.05) is 81.3 Å². The summed E-state index contributed by atoms with van der Waals surface area (Å²) in [6.45, 7) is 11.9. The van der Waals surface area contributed by atoms with Gasteiger partial charge in [-0.15, -0.1) is 0 Å². The monoisotopic (exact) mass is 553 g/mol. The smallest absolute Gasteiger partial charge is 0.407 e. The number of amides is 3. The van der Waals surface area contributed by atoms with Crippen molar-refractivity contribution in [2.45, 2.75) is 79.4 Å². The van der Waals surface area contributed by atoms with Gasteiger partial charge in [0, 0.05) is 30.5 Å². The molecule has 0 aromatic rings. The fourth-order valence-electron chi connectivity index (χ4n) is 3.00. The van der Waals surface area contributed by atoms with E-state index < -0.39 is 23.7 Å². The predicted octanol–water partition coefficient (Wildman–Crippen LogP) is 5.95. The van der Waals surface area contributed by atoms with E-state index in [0.717, 1.165) is 18.4 Å². The standard InChI is InChI=1S/C28H44ClN3O4S/c1-7-12-21(2)13-8-9-15-24(33)32-25(28(4,5)6)26(34)30-18-10-14-23(17-16-22(3)29)36-27(35)31-19-11-20-37/h8-10,12-13,15-16,18,23,25,37H,7,11,14,17,19-20H2,1-6H3,(H,30,34)(H,31,35)(H,32,33). The molecule has 0 fully saturated rings. The van der Waals surface area contributed by atoms with E-state index in [1.54, 1.807) is 31.2 Å². The van der Waals surface area contributed by atoms with Crippen LogP contribution in [0.25, 0.3) is 0 Å². The van der Waals surface area contributed by atoms with Gasteiger partial charge in [0.2, 0.25) is 11.8 Å². The Morgan fingerprint density at radius 3 is 2.32 bits per heavy atom. The molecule has 0 aliphatic carbocycles. The van der Waals surface area contributed by atoms with Crippen molar-refractivity contribution in [3.8, 4) is 0 Å². The molecule has 0 aliphatic rings. The number of nitrogens with one attached hydrogen (secondary N) is 3. The largest absolute Gasteiger partial charge is 0.446 e. The second kappa shape index (κ2) is 19.6. The van der Waals surface area contributed by atoms with E-state index in [0.29, 0.717) is 30.2 Å². The first-order valence-corrected chi connectivity index (χ1v) is 13.6. The average Bonchev–Trinajstić information content (AvgIpc) is 2.80. The Labute approximate surface area is 233 Å². The summed E-state index contributed by atoms with van der Waals surface area (Å²) in [4.78, 5) is 37.3. The summed E-state index contributed by atoms with van der Waals surface area (Å²) >= 11 is 10.0. The van der Waals surface area contributed by atoms with Crippen molar-refractivity contribution >= 4 is 42.1 Å². The lowest BCUT2D eigenvalue weighted by Crippen LogP contribution is -2.52. The van der Waals surface area contributed by atoms with Crippen molar-refractivity contribution in [3.63, 3.8) is 0 Å². The maximum Gasteiger partial charge on any atom is 0.407 e. The molecule has 0 aliphatic heterocycles. The van der Waals surface area contributed by atoms with Gasteiger partial charge in [-0.2, -0.15) is 12.6 Å². The van der Waals surface area contributed by atoms with Crippen molar-refractivity contribution in [2.75, 3.05) is 12.3 Å². The van der Waals surface area contributed by atoms with Gasteiger partial charge in [0.15, 0.2) is 0 Å². The molecule has 0 rings (SSSR count). The highest BCUT2D eigenvalue weighted by molar-refractivity contribution is 7.80. The molecule has 208 valence electrons. The van der Waals surface area contributed by atoms with E-state index >= 15 is 0 Å². The number of hydrogen-bond donors (Lipinski definition) is 4. The molecule has 9 heteroatoms. The third-order valence-electron chi connectivity index (χ3n) is 4.94. The van der Waals surface area contributed by atoms with Gasteiger partial charge in [-0.25, -0.2) is 4.79 Å². The van der Waals surface area contributed by atoms with Gasteiger partial charge >= 0.3 is 6.09 Å². The quantitative estimate of drug-likeness (QED) is 0.0871. The minimum Gasteiger partial charge on any atom is -0.446 e. The summed E-state index contributed by atoms with van der Waals surface area (Å²) in [5, 5.41) is 8.78. The number of carbonyl (C=O) groups excluding carboxylic acids is 3. The Balaban J connectivity index is 5.06. The summed E-state index contributed by atoms with van der Waals surface area (Å²) in [6, 6.07) is -0.758. The Bertz CT molecular complexity index is 869. The molecule has 3 amide bonds. The topological polar surface area (TPSA) is 96.5 Å². The van der Waals surface area contributed by atoms with Crippen LogP contribution in [0.1, 0.15) is 67.2 Å². The maximum absolute atomic E-state index is 12.8. The van der Waals surface area contributed by atoms with Crippen LogP contribution < -0.4 is 16.0 Å². The number of thiol groups is 1. The van der Waals surface area contributed by atoms with Crippen LogP contribution in [0.5, 0.6) is 0 Å². The number of allylic oxidation sites excluding steroid dienone is 6. The number of rotatable bonds is 15. The summed E-state index contributed by atoms with van der Waals surface area (Å²) < 4.78 is 5.47. The van der Waals surface area contributed by atoms with Crippen LogP contribution in [0.3, 0.4) is 0 Å². The summed E-state index contributed by atoms with van der Waals surface area (Å²) in [7, 11) is 0. The van der Waals surface area contributed by atoms with Crippen LogP contribution in [-0.2, 0) is 14.3 Å². The second-order valence-electron chi connectivity index (χ2n) is 9.59. The SMILES string of the molecule is CCC=C(C)C=CC=CC(=O)NC(C(=O)NC=CCC(CC=C(C)Cl)OC(=O)NCCCS)C(C)(C)C. The van der Waals surface area contributed by atoms with Crippen molar-refractivity contribution in [2.24, 2.45) is 5.41 Å². The molecule has 0 saturated heterocycles. The number of hydrogen-bond acceptors (Lipinski definition) is 5. The van der Waals surface area contributed by atoms with Gasteiger partial charge in [0.05, 0.1) is 0 Å². The molecule has 2 atom stereocenters. The third-order valence-corrected chi connectivity index (χ3v) is 5.41. The molecular formula is C28H44ClN3O4S. The first-order valence-electron chi connectivity index (χ1n) is 12.6. The number of halogens is 1. The van der Waals surface area contributed by atoms with Crippen molar-refractivity contribution in [1.29, 1.82) is 0 Å². The van der Waals surface area contributed by atoms with E-state index in [1.165, 1.54) is 12.3 Å². The second-order valence-corrected chi connectivity index (χ2v) is 10.6. The molecule has 0 aromatic heterocycles. The van der Waals surface area contributed by atoms with E-state index in [2.05, 4.69) is 41.6 Å². The van der Waals surface area contributed by atoms with Gasteiger partial charge < -0.3 is 20.7 Å². The Morgan fingerprint density at radius 1 is 1.05 bits per heavy atom. The zero-order chi connectivity index (χ0) is 28.3. The van der Waals surface area contributed by atoms with E-state index in [1.807, 2.05) is 33.8 Å². The highest BCUT2D eigenvalue weighted by Gasteiger charge is 2.31. The van der Waals surface area contributed by atoms with Gasteiger partial charge in [0.1, 0.15) is 12.1 Å². The normalized spacial score (nSPS) is 14.7. The fourth-order valence-corrected chi connectivity index (χ4v) is 3.25. The highest BCUT2D eigenvalue weighted by Crippen LogP contribution is 2.19. The number of carbonyl (C=O) groups is 3. The predicted molar refractivity (Wildman–Crippen MR) is 157 cm³/mol. The molecule has 0 bridgehead atoms. The molecule has 0 aromatic carbocycles. The van der Waals surface area contributed by atoms with E-state index in [4.69, 9.17) is 16.3 Å². The minimum absolute atomic E-state index is 0.346. The molecule has 37 heavy (non-hydrogen) atoms. The van der Waals surface area contributed by atoms with E-state index in [-0.39, 0.29) is 11.8 Å². The van der Waals surface area contributed by atoms with Gasteiger partial charge in [-0.3, -0.25) is 9.59 Å². The molecule has 7 nitrogen and oxygen atoms in total. The summed E-state index contributed by atoms with van der Waals surface area (Å²) in [5.41, 5.74) is 0.596. The average molecular weight is 554 g/mol. The van der Waals surface area contributed by atoms with Crippen LogP contribution in [-0.4, -0.2) is 42.4 Å². The first-order chi connectivity index (χ1) is 17.4. The zero-order valence-electron chi connectivity index (χ0n) is 23.0. The maximum atomic E-state index is 12.8. The molecular weight excluding hydrogens is 510 g/mol. The molecule has 0 saturated carbocycles. The first kappa shape index (κ1) is 34.6. The molecule has 0 heterocycles.